The molecule has 1 aromatic heterocycles. The summed E-state index contributed by atoms with van der Waals surface area (Å²) in [6.45, 7) is 0. The molecule has 0 N–H and O–H groups in total. The minimum absolute atomic E-state index is 0.970. The molecule has 0 amide bonds. The number of carboxylic acid groups (broad SMARTS) is 1. The van der Waals surface area contributed by atoms with Crippen LogP contribution >= 0.6 is 0 Å². The van der Waals surface area contributed by atoms with Crippen molar-refractivity contribution in [1.29, 1.82) is 0 Å². The van der Waals surface area contributed by atoms with E-state index in [4.69, 9.17) is 0 Å². The summed E-state index contributed by atoms with van der Waals surface area (Å²) in [4.78, 5) is 19.0. The van der Waals surface area contributed by atoms with E-state index in [0.29, 0.717) is 0 Å². The highest BCUT2D eigenvalue weighted by Crippen LogP contribution is 1.70. The number of carbonyl (C=O) groups is 2. The van der Waals surface area contributed by atoms with Crippen LogP contribution in [-0.2, 0) is 28.4 Å². The second kappa shape index (κ2) is 5.74. The molecule has 1 rings (SSSR count). The maximum absolute atomic E-state index is 9.63. The highest BCUT2D eigenvalue weighted by Gasteiger charge is 1.95. The monoisotopic (exact) mass is 200 g/mol. The molecule has 0 radical (unpaired) electrons. The fourth-order valence-electron chi connectivity index (χ4n) is 0.658. The number of imidazole rings is 1. The molecule has 6 nitrogen and oxygen atoms in total. The van der Waals surface area contributed by atoms with Gasteiger partial charge in [-0.25, -0.2) is 13.9 Å². The number of nitrogens with zero attached hydrogens (tertiary/aromatic N) is 2. The van der Waals surface area contributed by atoms with E-state index in [1.807, 2.05) is 42.0 Å². The normalized spacial score (nSPS) is 8.50. The van der Waals surface area contributed by atoms with Gasteiger partial charge in [-0.2, -0.15) is 0 Å². The zero-order valence-electron chi connectivity index (χ0n) is 8.26. The molecule has 0 unspecified atom stereocenters. The molecule has 0 saturated carbocycles. The molecule has 0 atom stereocenters. The van der Waals surface area contributed by atoms with E-state index >= 15 is 0 Å². The number of aryl methyl sites for hydroxylation is 2. The first-order valence-corrected chi connectivity index (χ1v) is 3.74. The number of esters is 1. The lowest BCUT2D eigenvalue weighted by Crippen LogP contribution is -2.32. The van der Waals surface area contributed by atoms with Gasteiger partial charge in [0.2, 0.25) is 6.33 Å². The van der Waals surface area contributed by atoms with Crippen LogP contribution in [0.4, 0.5) is 0 Å². The lowest BCUT2D eigenvalue weighted by Gasteiger charge is -1.94. The minimum Gasteiger partial charge on any atom is -0.539 e. The fraction of sp³-hybridized carbons (Fsp3) is 0.375. The maximum Gasteiger partial charge on any atom is 0.353 e. The fourth-order valence-corrected chi connectivity index (χ4v) is 0.658. The molecule has 0 saturated heterocycles. The van der Waals surface area contributed by atoms with Crippen LogP contribution in [0.3, 0.4) is 0 Å². The number of ether oxygens (including phenoxy) is 1. The van der Waals surface area contributed by atoms with Gasteiger partial charge in [0.25, 0.3) is 0 Å². The Morgan fingerprint density at radius 3 is 2.14 bits per heavy atom. The molecular formula is C8H12N2O4. The Balaban J connectivity index is 0.000000241. The van der Waals surface area contributed by atoms with Crippen molar-refractivity contribution in [3.63, 3.8) is 0 Å². The Labute approximate surface area is 81.3 Å². The third-order valence-corrected chi connectivity index (χ3v) is 1.25. The quantitative estimate of drug-likeness (QED) is 0.269. The van der Waals surface area contributed by atoms with Gasteiger partial charge in [-0.1, -0.05) is 0 Å². The predicted molar refractivity (Wildman–Crippen MR) is 43.6 cm³/mol. The first-order chi connectivity index (χ1) is 6.47. The molecule has 78 valence electrons. The molecule has 1 aromatic rings. The Morgan fingerprint density at radius 2 is 2.07 bits per heavy atom. The minimum atomic E-state index is -1.82. The van der Waals surface area contributed by atoms with Crippen molar-refractivity contribution in [2.75, 3.05) is 7.11 Å². The molecule has 6 heteroatoms. The van der Waals surface area contributed by atoms with E-state index in [9.17, 15) is 14.7 Å². The lowest BCUT2D eigenvalue weighted by molar-refractivity contribution is -0.670. The van der Waals surface area contributed by atoms with Crippen LogP contribution < -0.4 is 9.67 Å². The van der Waals surface area contributed by atoms with Gasteiger partial charge in [-0.15, -0.1) is 0 Å². The largest absolute Gasteiger partial charge is 0.539 e. The number of aliphatic carboxylic acids is 1. The molecule has 0 spiro atoms. The average molecular weight is 200 g/mol. The van der Waals surface area contributed by atoms with Crippen LogP contribution in [0.5, 0.6) is 0 Å². The number of hydrogen-bond donors (Lipinski definition) is 0. The van der Waals surface area contributed by atoms with Crippen LogP contribution in [0.15, 0.2) is 18.7 Å². The number of methoxy groups -OCH3 is 1. The highest BCUT2D eigenvalue weighted by atomic mass is 16.5. The number of aromatic nitrogens is 2. The van der Waals surface area contributed by atoms with Gasteiger partial charge in [-0.3, -0.25) is 0 Å². The summed E-state index contributed by atoms with van der Waals surface area (Å²) >= 11 is 0. The summed E-state index contributed by atoms with van der Waals surface area (Å²) in [5, 5.41) is 9.34. The number of hydrogen-bond acceptors (Lipinski definition) is 4. The third-order valence-electron chi connectivity index (χ3n) is 1.25. The van der Waals surface area contributed by atoms with Crippen LogP contribution in [0.25, 0.3) is 0 Å². The Morgan fingerprint density at radius 1 is 1.50 bits per heavy atom. The number of carbonyl (C=O) groups excluding carboxylic acids is 2. The van der Waals surface area contributed by atoms with Crippen LogP contribution in [0.2, 0.25) is 0 Å². The van der Waals surface area contributed by atoms with Crippen molar-refractivity contribution in [3.05, 3.63) is 18.7 Å². The van der Waals surface area contributed by atoms with Crippen molar-refractivity contribution < 1.29 is 24.0 Å². The molecular weight excluding hydrogens is 188 g/mol. The van der Waals surface area contributed by atoms with Crippen molar-refractivity contribution in [2.45, 2.75) is 0 Å². The maximum atomic E-state index is 9.63. The first-order valence-electron chi connectivity index (χ1n) is 3.74. The Kier molecular flexibility index (Phi) is 4.98. The summed E-state index contributed by atoms with van der Waals surface area (Å²) in [5.41, 5.74) is 0. The highest BCUT2D eigenvalue weighted by molar-refractivity contribution is 6.27. The van der Waals surface area contributed by atoms with Crippen molar-refractivity contribution >= 4 is 11.9 Å². The van der Waals surface area contributed by atoms with Crippen molar-refractivity contribution in [1.82, 2.24) is 4.57 Å². The van der Waals surface area contributed by atoms with Gasteiger partial charge in [-0.05, 0) is 0 Å². The SMILES string of the molecule is COC(=O)C(=O)[O-].Cn1cc[n+](C)c1. The molecule has 0 aliphatic heterocycles. The van der Waals surface area contributed by atoms with Crippen LogP contribution in [-0.4, -0.2) is 23.6 Å². The zero-order chi connectivity index (χ0) is 11.1. The summed E-state index contributed by atoms with van der Waals surface area (Å²) in [6.07, 6.45) is 6.00. The molecule has 0 fully saturated rings. The van der Waals surface area contributed by atoms with E-state index < -0.39 is 11.9 Å². The van der Waals surface area contributed by atoms with E-state index in [-0.39, 0.29) is 0 Å². The molecule has 1 heterocycles. The average Bonchev–Trinajstić information content (AvgIpc) is 2.49. The summed E-state index contributed by atoms with van der Waals surface area (Å²) in [7, 11) is 4.97. The number of rotatable bonds is 0. The summed E-state index contributed by atoms with van der Waals surface area (Å²) < 4.78 is 7.71. The predicted octanol–water partition coefficient (Wildman–Crippen LogP) is -2.24. The lowest BCUT2D eigenvalue weighted by atomic mass is 10.7. The van der Waals surface area contributed by atoms with Crippen molar-refractivity contribution in [2.24, 2.45) is 14.1 Å². The van der Waals surface area contributed by atoms with Gasteiger partial charge in [0.05, 0.1) is 21.2 Å². The standard InChI is InChI=1S/C5H9N2.C3H4O4/c1-6-3-4-7(2)5-6;1-7-3(6)2(4)5/h3-5H,1-2H3;1H3,(H,4,5)/q+1;/p-1. The second-order valence-corrected chi connectivity index (χ2v) is 2.52. The smallest absolute Gasteiger partial charge is 0.353 e. The first kappa shape index (κ1) is 12.2. The van der Waals surface area contributed by atoms with Gasteiger partial charge >= 0.3 is 5.97 Å². The Bertz CT molecular complexity index is 302. The summed E-state index contributed by atoms with van der Waals surface area (Å²) in [6, 6.07) is 0. The zero-order valence-corrected chi connectivity index (χ0v) is 8.26. The second-order valence-electron chi connectivity index (χ2n) is 2.52. The van der Waals surface area contributed by atoms with Gasteiger partial charge in [0.1, 0.15) is 12.4 Å². The molecule has 0 aliphatic carbocycles. The summed E-state index contributed by atoms with van der Waals surface area (Å²) in [5.74, 6) is -3.16. The molecule has 0 bridgehead atoms. The van der Waals surface area contributed by atoms with E-state index in [2.05, 4.69) is 4.74 Å². The molecule has 14 heavy (non-hydrogen) atoms. The number of carboxylic acids is 1. The van der Waals surface area contributed by atoms with Gasteiger partial charge < -0.3 is 14.6 Å². The molecule has 0 aromatic carbocycles. The van der Waals surface area contributed by atoms with Crippen LogP contribution in [0, 0.1) is 0 Å². The van der Waals surface area contributed by atoms with E-state index in [0.717, 1.165) is 7.11 Å². The van der Waals surface area contributed by atoms with Crippen molar-refractivity contribution in [3.8, 4) is 0 Å². The molecule has 0 aliphatic rings. The topological polar surface area (TPSA) is 75.2 Å². The Hall–Kier alpha value is -1.85. The van der Waals surface area contributed by atoms with E-state index in [1.165, 1.54) is 0 Å². The van der Waals surface area contributed by atoms with Crippen LogP contribution in [0.1, 0.15) is 0 Å². The van der Waals surface area contributed by atoms with Gasteiger partial charge in [0.15, 0.2) is 5.97 Å². The van der Waals surface area contributed by atoms with E-state index in [1.54, 1.807) is 0 Å². The third kappa shape index (κ3) is 4.91. The van der Waals surface area contributed by atoms with Gasteiger partial charge in [0, 0.05) is 0 Å².